The molecule has 0 spiro atoms. The first-order chi connectivity index (χ1) is 10.3. The predicted molar refractivity (Wildman–Crippen MR) is 88.6 cm³/mol. The van der Waals surface area contributed by atoms with Crippen LogP contribution < -0.4 is 11.4 Å². The largest absolute Gasteiger partial charge is 0.347 e. The summed E-state index contributed by atoms with van der Waals surface area (Å²) in [5, 5.41) is 4.21. The highest BCUT2D eigenvalue weighted by atomic mass is 28.3. The Balaban J connectivity index is 1.94. The standard InChI is InChI=1S/C16H23N3O2Si/c1-18-15(20)17-19(16(18)21)12-8-11-9-5-6-10(7-9)13(11)14(12)22(2,3)4/h8-10,12H,5-7H2,1-4H3,(H,17,20)/t9-,10-,12+/m0/s1. The average molecular weight is 317 g/mol. The Morgan fingerprint density at radius 3 is 2.45 bits per heavy atom. The van der Waals surface area contributed by atoms with Gasteiger partial charge in [0.25, 0.3) is 0 Å². The molecular formula is C16H23N3O2Si. The summed E-state index contributed by atoms with van der Waals surface area (Å²) in [5.41, 5.74) is 2.46. The second-order valence-electron chi connectivity index (χ2n) is 7.98. The summed E-state index contributed by atoms with van der Waals surface area (Å²) in [7, 11) is -0.0546. The first-order valence-electron chi connectivity index (χ1n) is 8.13. The molecule has 22 heavy (non-hydrogen) atoms. The van der Waals surface area contributed by atoms with Gasteiger partial charge in [0, 0.05) is 7.05 Å². The van der Waals surface area contributed by atoms with E-state index in [-0.39, 0.29) is 17.4 Å². The zero-order valence-electron chi connectivity index (χ0n) is 13.6. The van der Waals surface area contributed by atoms with Crippen LogP contribution in [0, 0.1) is 11.8 Å². The van der Waals surface area contributed by atoms with E-state index in [1.165, 1.54) is 37.1 Å². The molecule has 0 radical (unpaired) electrons. The summed E-state index contributed by atoms with van der Waals surface area (Å²) in [4.78, 5) is 24.2. The molecule has 0 amide bonds. The Morgan fingerprint density at radius 1 is 1.18 bits per heavy atom. The van der Waals surface area contributed by atoms with Crippen molar-refractivity contribution in [2.75, 3.05) is 0 Å². The third kappa shape index (κ3) is 1.70. The quantitative estimate of drug-likeness (QED) is 0.848. The van der Waals surface area contributed by atoms with Crippen LogP contribution in [0.2, 0.25) is 19.6 Å². The minimum absolute atomic E-state index is 0.0681. The van der Waals surface area contributed by atoms with Crippen LogP contribution in [0.3, 0.4) is 0 Å². The molecule has 2 bridgehead atoms. The maximum absolute atomic E-state index is 12.4. The summed E-state index contributed by atoms with van der Waals surface area (Å²) in [5.74, 6) is 1.37. The van der Waals surface area contributed by atoms with Crippen LogP contribution in [0.4, 0.5) is 0 Å². The Morgan fingerprint density at radius 2 is 1.86 bits per heavy atom. The van der Waals surface area contributed by atoms with E-state index in [0.717, 1.165) is 4.57 Å². The highest BCUT2D eigenvalue weighted by molar-refractivity contribution is 6.83. The van der Waals surface area contributed by atoms with Crippen molar-refractivity contribution >= 4 is 8.07 Å². The van der Waals surface area contributed by atoms with Gasteiger partial charge in [0.1, 0.15) is 0 Å². The summed E-state index contributed by atoms with van der Waals surface area (Å²) in [6, 6.07) is -0.0681. The molecule has 1 N–H and O–H groups in total. The van der Waals surface area contributed by atoms with Crippen molar-refractivity contribution in [1.82, 2.24) is 14.3 Å². The van der Waals surface area contributed by atoms with Crippen molar-refractivity contribution < 1.29 is 0 Å². The molecule has 3 aliphatic carbocycles. The molecule has 0 aliphatic heterocycles. The van der Waals surface area contributed by atoms with Gasteiger partial charge in [-0.25, -0.2) is 23.9 Å². The molecule has 0 aromatic carbocycles. The van der Waals surface area contributed by atoms with Gasteiger partial charge in [-0.3, -0.25) is 0 Å². The number of nitrogens with one attached hydrogen (secondary N) is 1. The molecule has 1 heterocycles. The molecule has 3 atom stereocenters. The lowest BCUT2D eigenvalue weighted by atomic mass is 9.92. The molecule has 2 saturated carbocycles. The van der Waals surface area contributed by atoms with Crippen molar-refractivity contribution in [2.45, 2.75) is 44.9 Å². The number of hydrogen-bond acceptors (Lipinski definition) is 2. The predicted octanol–water partition coefficient (Wildman–Crippen LogP) is 1.96. The van der Waals surface area contributed by atoms with Crippen LogP contribution in [-0.2, 0) is 7.05 Å². The summed E-state index contributed by atoms with van der Waals surface area (Å²) < 4.78 is 2.71. The number of aromatic nitrogens is 3. The number of rotatable bonds is 2. The van der Waals surface area contributed by atoms with Gasteiger partial charge in [-0.05, 0) is 47.4 Å². The molecule has 5 nitrogen and oxygen atoms in total. The minimum atomic E-state index is -1.59. The Kier molecular flexibility index (Phi) is 2.71. The fourth-order valence-corrected chi connectivity index (χ4v) is 6.97. The number of nitrogens with zero attached hydrogens (tertiary/aromatic N) is 2. The second-order valence-corrected chi connectivity index (χ2v) is 13.0. The summed E-state index contributed by atoms with van der Waals surface area (Å²) >= 11 is 0. The fraction of sp³-hybridized carbons (Fsp3) is 0.625. The van der Waals surface area contributed by atoms with E-state index in [1.807, 2.05) is 0 Å². The van der Waals surface area contributed by atoms with E-state index in [2.05, 4.69) is 30.8 Å². The lowest BCUT2D eigenvalue weighted by molar-refractivity contribution is 0.576. The van der Waals surface area contributed by atoms with Gasteiger partial charge in [0.05, 0.1) is 14.1 Å². The lowest BCUT2D eigenvalue weighted by Crippen LogP contribution is -2.35. The molecule has 1 aromatic heterocycles. The lowest BCUT2D eigenvalue weighted by Gasteiger charge is -2.28. The molecule has 0 unspecified atom stereocenters. The van der Waals surface area contributed by atoms with E-state index in [4.69, 9.17) is 0 Å². The van der Waals surface area contributed by atoms with Crippen molar-refractivity contribution in [3.8, 4) is 0 Å². The molecule has 1 aromatic rings. The van der Waals surface area contributed by atoms with Gasteiger partial charge in [-0.1, -0.05) is 25.7 Å². The van der Waals surface area contributed by atoms with E-state index in [1.54, 1.807) is 10.3 Å². The van der Waals surface area contributed by atoms with Crippen molar-refractivity contribution in [1.29, 1.82) is 0 Å². The smallest absolute Gasteiger partial charge is 0.246 e. The van der Waals surface area contributed by atoms with Crippen LogP contribution in [0.15, 0.2) is 32.0 Å². The Bertz CT molecular complexity index is 831. The van der Waals surface area contributed by atoms with Gasteiger partial charge in [0.2, 0.25) is 0 Å². The molecule has 0 saturated heterocycles. The molecule has 3 aliphatic rings. The maximum atomic E-state index is 12.4. The molecule has 6 heteroatoms. The van der Waals surface area contributed by atoms with Gasteiger partial charge < -0.3 is 0 Å². The minimum Gasteiger partial charge on any atom is -0.246 e. The van der Waals surface area contributed by atoms with Gasteiger partial charge in [-0.2, -0.15) is 0 Å². The van der Waals surface area contributed by atoms with Crippen LogP contribution in [0.1, 0.15) is 25.3 Å². The van der Waals surface area contributed by atoms with E-state index in [9.17, 15) is 9.59 Å². The van der Waals surface area contributed by atoms with Crippen molar-refractivity contribution in [2.24, 2.45) is 18.9 Å². The molecule has 118 valence electrons. The second kappa shape index (κ2) is 4.25. The van der Waals surface area contributed by atoms with Gasteiger partial charge in [0.15, 0.2) is 0 Å². The third-order valence-electron chi connectivity index (χ3n) is 5.61. The molecule has 4 rings (SSSR count). The van der Waals surface area contributed by atoms with Crippen molar-refractivity contribution in [3.63, 3.8) is 0 Å². The van der Waals surface area contributed by atoms with Gasteiger partial charge in [-0.15, -0.1) is 0 Å². The monoisotopic (exact) mass is 317 g/mol. The van der Waals surface area contributed by atoms with Crippen LogP contribution in [0.25, 0.3) is 0 Å². The Hall–Kier alpha value is -1.56. The SMILES string of the molecule is Cn1c(=O)[nH]n([C@@H]2C=C3C(=C2[Si](C)(C)C)[C@H]2CC[C@H]3C2)c1=O. The highest BCUT2D eigenvalue weighted by Crippen LogP contribution is 2.58. The van der Waals surface area contributed by atoms with Crippen LogP contribution in [-0.4, -0.2) is 22.4 Å². The van der Waals surface area contributed by atoms with E-state index < -0.39 is 8.07 Å². The van der Waals surface area contributed by atoms with Crippen LogP contribution in [0.5, 0.6) is 0 Å². The summed E-state index contributed by atoms with van der Waals surface area (Å²) in [6.45, 7) is 7.03. The van der Waals surface area contributed by atoms with E-state index >= 15 is 0 Å². The number of aromatic amines is 1. The molecular weight excluding hydrogens is 294 g/mol. The number of hydrogen-bond donors (Lipinski definition) is 1. The first kappa shape index (κ1) is 14.1. The number of fused-ring (bicyclic) bond motifs is 5. The van der Waals surface area contributed by atoms with Crippen molar-refractivity contribution in [3.05, 3.63) is 43.4 Å². The maximum Gasteiger partial charge on any atom is 0.347 e. The first-order valence-corrected chi connectivity index (χ1v) is 11.6. The summed E-state index contributed by atoms with van der Waals surface area (Å²) in [6.07, 6.45) is 6.14. The topological polar surface area (TPSA) is 59.8 Å². The highest BCUT2D eigenvalue weighted by Gasteiger charge is 2.48. The number of H-pyrrole nitrogens is 1. The normalized spacial score (nSPS) is 30.2. The average Bonchev–Trinajstić information content (AvgIpc) is 3.14. The molecule has 2 fully saturated rings. The zero-order valence-corrected chi connectivity index (χ0v) is 14.6. The van der Waals surface area contributed by atoms with E-state index in [0.29, 0.717) is 11.8 Å². The third-order valence-corrected chi connectivity index (χ3v) is 7.80. The Labute approximate surface area is 130 Å². The zero-order chi connectivity index (χ0) is 15.8. The fourth-order valence-electron chi connectivity index (χ4n) is 4.71. The number of allylic oxidation sites excluding steroid dienone is 4. The van der Waals surface area contributed by atoms with Crippen LogP contribution >= 0.6 is 0 Å². The van der Waals surface area contributed by atoms with Gasteiger partial charge >= 0.3 is 11.4 Å².